The Hall–Kier alpha value is -2.28. The minimum Gasteiger partial charge on any atom is -0.315 e. The summed E-state index contributed by atoms with van der Waals surface area (Å²) < 4.78 is 0. The number of hydrogen-bond acceptors (Lipinski definition) is 4. The van der Waals surface area contributed by atoms with Gasteiger partial charge in [-0.25, -0.2) is 0 Å². The molecular formula is C18H23N4OS+. The molecule has 0 saturated carbocycles. The number of quaternary nitrogens is 1. The molecule has 0 bridgehead atoms. The maximum atomic E-state index is 12.6. The average Bonchev–Trinajstić information content (AvgIpc) is 3.14. The first-order chi connectivity index (χ1) is 11.7. The van der Waals surface area contributed by atoms with Crippen LogP contribution in [0.4, 0.5) is 5.69 Å². The number of carbonyl (C=O) groups is 1. The molecule has 0 saturated heterocycles. The van der Waals surface area contributed by atoms with Crippen LogP contribution in [0.3, 0.4) is 0 Å². The molecule has 4 N–H and O–H groups in total. The molecule has 2 rings (SSSR count). The van der Waals surface area contributed by atoms with E-state index in [1.165, 1.54) is 16.2 Å². The Morgan fingerprint density at radius 1 is 1.29 bits per heavy atom. The predicted octanol–water partition coefficient (Wildman–Crippen LogP) is 2.19. The lowest BCUT2D eigenvalue weighted by atomic mass is 10.3. The Morgan fingerprint density at radius 3 is 2.75 bits per heavy atom. The van der Waals surface area contributed by atoms with Crippen molar-refractivity contribution >= 4 is 28.8 Å². The monoisotopic (exact) mass is 343 g/mol. The minimum absolute atomic E-state index is 0.128. The fourth-order valence-electron chi connectivity index (χ4n) is 2.14. The molecule has 6 heteroatoms. The van der Waals surface area contributed by atoms with Gasteiger partial charge in [0.05, 0.1) is 4.88 Å². The summed E-state index contributed by atoms with van der Waals surface area (Å²) in [4.78, 5) is 14.8. The van der Waals surface area contributed by atoms with Crippen LogP contribution in [0, 0.1) is 5.41 Å². The molecule has 0 spiro atoms. The highest BCUT2D eigenvalue weighted by atomic mass is 32.1. The highest BCUT2D eigenvalue weighted by Crippen LogP contribution is 2.12. The van der Waals surface area contributed by atoms with Crippen LogP contribution in [0.25, 0.3) is 0 Å². The summed E-state index contributed by atoms with van der Waals surface area (Å²) in [6.45, 7) is 3.99. The lowest BCUT2D eigenvalue weighted by molar-refractivity contribution is -0.496. The van der Waals surface area contributed by atoms with Crippen LogP contribution < -0.4 is 10.6 Å². The number of benzene rings is 1. The van der Waals surface area contributed by atoms with Gasteiger partial charge in [-0.15, -0.1) is 11.3 Å². The number of amidine groups is 1. The zero-order chi connectivity index (χ0) is 17.2. The van der Waals surface area contributed by atoms with E-state index in [1.54, 1.807) is 18.3 Å². The number of para-hydroxylation sites is 1. The molecular weight excluding hydrogens is 320 g/mol. The van der Waals surface area contributed by atoms with Crippen molar-refractivity contribution in [3.8, 4) is 0 Å². The SMILES string of the molecule is CCNCCN(C(=N)/C=C\[NH2+]c1ccccc1)C(=O)c1cccs1. The van der Waals surface area contributed by atoms with E-state index >= 15 is 0 Å². The zero-order valence-electron chi connectivity index (χ0n) is 13.7. The van der Waals surface area contributed by atoms with Gasteiger partial charge in [-0.05, 0) is 30.1 Å². The molecule has 1 aromatic heterocycles. The first kappa shape index (κ1) is 18.1. The molecule has 0 fully saturated rings. The molecule has 1 heterocycles. The van der Waals surface area contributed by atoms with Gasteiger partial charge < -0.3 is 5.32 Å². The predicted molar refractivity (Wildman–Crippen MR) is 98.8 cm³/mol. The normalized spacial score (nSPS) is 10.9. The van der Waals surface area contributed by atoms with E-state index in [4.69, 9.17) is 5.41 Å². The van der Waals surface area contributed by atoms with Crippen LogP contribution in [0.2, 0.25) is 0 Å². The van der Waals surface area contributed by atoms with Crippen molar-refractivity contribution in [3.05, 3.63) is 65.0 Å². The molecule has 5 nitrogen and oxygen atoms in total. The molecule has 1 aromatic carbocycles. The molecule has 0 unspecified atom stereocenters. The number of nitrogens with two attached hydrogens (primary N) is 1. The Labute approximate surface area is 146 Å². The molecule has 2 aromatic rings. The third kappa shape index (κ3) is 5.42. The number of amides is 1. The molecule has 126 valence electrons. The van der Waals surface area contributed by atoms with Crippen molar-refractivity contribution in [2.75, 3.05) is 19.6 Å². The lowest BCUT2D eigenvalue weighted by Gasteiger charge is -2.20. The second kappa shape index (κ2) is 9.77. The summed E-state index contributed by atoms with van der Waals surface area (Å²) in [7, 11) is 0. The van der Waals surface area contributed by atoms with Crippen molar-refractivity contribution in [2.45, 2.75) is 6.92 Å². The molecule has 0 atom stereocenters. The van der Waals surface area contributed by atoms with Crippen molar-refractivity contribution in [2.24, 2.45) is 0 Å². The summed E-state index contributed by atoms with van der Waals surface area (Å²) >= 11 is 1.40. The largest absolute Gasteiger partial charge is 0.315 e. The summed E-state index contributed by atoms with van der Waals surface area (Å²) in [5, 5.41) is 15.2. The number of carbonyl (C=O) groups excluding carboxylic acids is 1. The second-order valence-corrected chi connectivity index (χ2v) is 6.06. The standard InChI is InChI=1S/C18H22N4OS/c1-2-20-12-13-22(18(23)16-9-6-14-24-16)17(19)10-11-21-15-7-4-3-5-8-15/h3-11,14,19-21H,2,12-13H2,1H3/p+1/b11-10-,19-17?. The topological polar surface area (TPSA) is 72.8 Å². The van der Waals surface area contributed by atoms with Crippen LogP contribution in [0.15, 0.2) is 60.1 Å². The van der Waals surface area contributed by atoms with E-state index in [2.05, 4.69) is 5.32 Å². The van der Waals surface area contributed by atoms with Crippen LogP contribution in [0.1, 0.15) is 16.6 Å². The van der Waals surface area contributed by atoms with E-state index < -0.39 is 0 Å². The fraction of sp³-hybridized carbons (Fsp3) is 0.222. The van der Waals surface area contributed by atoms with Crippen molar-refractivity contribution in [3.63, 3.8) is 0 Å². The molecule has 1 amide bonds. The van der Waals surface area contributed by atoms with E-state index in [0.717, 1.165) is 12.2 Å². The first-order valence-electron chi connectivity index (χ1n) is 7.93. The van der Waals surface area contributed by atoms with Crippen LogP contribution in [-0.2, 0) is 0 Å². The smallest absolute Gasteiger partial charge is 0.269 e. The summed E-state index contributed by atoms with van der Waals surface area (Å²) in [6, 6.07) is 13.5. The van der Waals surface area contributed by atoms with Gasteiger partial charge in [-0.3, -0.25) is 20.4 Å². The zero-order valence-corrected chi connectivity index (χ0v) is 14.6. The average molecular weight is 343 g/mol. The Bertz CT molecular complexity index is 668. The number of rotatable bonds is 8. The first-order valence-corrected chi connectivity index (χ1v) is 8.81. The molecule has 0 radical (unpaired) electrons. The van der Waals surface area contributed by atoms with Gasteiger partial charge >= 0.3 is 0 Å². The minimum atomic E-state index is -0.128. The second-order valence-electron chi connectivity index (χ2n) is 5.11. The van der Waals surface area contributed by atoms with Gasteiger partial charge in [-0.1, -0.05) is 31.2 Å². The number of nitrogens with one attached hydrogen (secondary N) is 2. The number of nitrogens with zero attached hydrogens (tertiary/aromatic N) is 1. The van der Waals surface area contributed by atoms with E-state index in [9.17, 15) is 4.79 Å². The van der Waals surface area contributed by atoms with Gasteiger partial charge in [0.2, 0.25) is 0 Å². The number of thiophene rings is 1. The third-order valence-corrected chi connectivity index (χ3v) is 4.23. The Balaban J connectivity index is 2.01. The van der Waals surface area contributed by atoms with Crippen LogP contribution in [0.5, 0.6) is 0 Å². The van der Waals surface area contributed by atoms with E-state index in [0.29, 0.717) is 18.0 Å². The molecule has 0 aliphatic rings. The van der Waals surface area contributed by atoms with Gasteiger partial charge in [0.15, 0.2) is 0 Å². The Morgan fingerprint density at radius 2 is 2.08 bits per heavy atom. The van der Waals surface area contributed by atoms with Gasteiger partial charge in [0.25, 0.3) is 5.91 Å². The number of likely N-dealkylation sites (N-methyl/N-ethyl adjacent to an activating group) is 1. The van der Waals surface area contributed by atoms with Crippen molar-refractivity contribution < 1.29 is 10.1 Å². The van der Waals surface area contributed by atoms with Crippen LogP contribution in [-0.4, -0.2) is 36.3 Å². The highest BCUT2D eigenvalue weighted by Gasteiger charge is 2.19. The van der Waals surface area contributed by atoms with Crippen molar-refractivity contribution in [1.82, 2.24) is 10.2 Å². The molecule has 24 heavy (non-hydrogen) atoms. The van der Waals surface area contributed by atoms with Crippen LogP contribution >= 0.6 is 11.3 Å². The Kier molecular flexibility index (Phi) is 7.35. The van der Waals surface area contributed by atoms with Crippen molar-refractivity contribution in [1.29, 1.82) is 5.41 Å². The highest BCUT2D eigenvalue weighted by molar-refractivity contribution is 7.12. The third-order valence-electron chi connectivity index (χ3n) is 3.37. The van der Waals surface area contributed by atoms with E-state index in [-0.39, 0.29) is 11.7 Å². The summed E-state index contributed by atoms with van der Waals surface area (Å²) in [6.07, 6.45) is 3.46. The molecule has 0 aliphatic heterocycles. The molecule has 0 aliphatic carbocycles. The van der Waals surface area contributed by atoms with Gasteiger partial charge in [-0.2, -0.15) is 0 Å². The summed E-state index contributed by atoms with van der Waals surface area (Å²) in [5.41, 5.74) is 1.06. The maximum absolute atomic E-state index is 12.6. The van der Waals surface area contributed by atoms with E-state index in [1.807, 2.05) is 54.0 Å². The summed E-state index contributed by atoms with van der Waals surface area (Å²) in [5.74, 6) is 0.0655. The van der Waals surface area contributed by atoms with Gasteiger partial charge in [0.1, 0.15) is 17.7 Å². The van der Waals surface area contributed by atoms with Gasteiger partial charge in [0, 0.05) is 19.2 Å². The maximum Gasteiger partial charge on any atom is 0.269 e. The number of hydrogen-bond donors (Lipinski definition) is 3. The lowest BCUT2D eigenvalue weighted by Crippen LogP contribution is -2.71. The quantitative estimate of drug-likeness (QED) is 0.297. The fourth-order valence-corrected chi connectivity index (χ4v) is 2.81.